The quantitative estimate of drug-likeness (QED) is 0.427. The summed E-state index contributed by atoms with van der Waals surface area (Å²) in [6.45, 7) is 0. The Bertz CT molecular complexity index is 1190. The molecule has 9 nitrogen and oxygen atoms in total. The van der Waals surface area contributed by atoms with Gasteiger partial charge in [0, 0.05) is 54.5 Å². The van der Waals surface area contributed by atoms with E-state index in [1.54, 1.807) is 0 Å². The summed E-state index contributed by atoms with van der Waals surface area (Å²) in [6.07, 6.45) is 1.49. The SMILES string of the molecule is CN(C)c1ccc(N=Nc2ncc(CC(=O)ON3C(=O)CCC3=O)s2)c2ccccc12. The minimum absolute atomic E-state index is 0.0570. The van der Waals surface area contributed by atoms with E-state index in [0.717, 1.165) is 16.5 Å². The summed E-state index contributed by atoms with van der Waals surface area (Å²) >= 11 is 1.18. The van der Waals surface area contributed by atoms with Crippen LogP contribution in [-0.2, 0) is 25.6 Å². The van der Waals surface area contributed by atoms with Crippen LogP contribution in [0, 0.1) is 0 Å². The second-order valence-corrected chi connectivity index (χ2v) is 8.17. The van der Waals surface area contributed by atoms with Crippen LogP contribution in [0.25, 0.3) is 10.8 Å². The second kappa shape index (κ2) is 8.60. The highest BCUT2D eigenvalue weighted by atomic mass is 32.1. The molecule has 0 bridgehead atoms. The maximum absolute atomic E-state index is 12.0. The van der Waals surface area contributed by atoms with E-state index in [0.29, 0.717) is 20.8 Å². The molecule has 1 saturated heterocycles. The number of thiazole rings is 1. The molecule has 0 saturated carbocycles. The molecule has 1 aliphatic rings. The van der Waals surface area contributed by atoms with Crippen molar-refractivity contribution in [3.05, 3.63) is 47.5 Å². The fraction of sp³-hybridized carbons (Fsp3) is 0.238. The first-order valence-corrected chi connectivity index (χ1v) is 10.4. The van der Waals surface area contributed by atoms with Crippen molar-refractivity contribution in [1.82, 2.24) is 10.0 Å². The number of benzene rings is 2. The first-order valence-electron chi connectivity index (χ1n) is 9.54. The Hall–Kier alpha value is -3.66. The van der Waals surface area contributed by atoms with Gasteiger partial charge in [-0.25, -0.2) is 9.78 Å². The van der Waals surface area contributed by atoms with E-state index in [1.807, 2.05) is 55.4 Å². The molecule has 31 heavy (non-hydrogen) atoms. The van der Waals surface area contributed by atoms with Crippen molar-refractivity contribution >= 4 is 56.4 Å². The number of hydrogen-bond donors (Lipinski definition) is 0. The van der Waals surface area contributed by atoms with Crippen LogP contribution in [0.15, 0.2) is 52.8 Å². The fourth-order valence-corrected chi connectivity index (χ4v) is 3.92. The molecule has 0 aliphatic carbocycles. The van der Waals surface area contributed by atoms with Gasteiger partial charge in [0.25, 0.3) is 11.8 Å². The van der Waals surface area contributed by atoms with Crippen molar-refractivity contribution in [3.8, 4) is 0 Å². The molecule has 2 aromatic carbocycles. The van der Waals surface area contributed by atoms with Gasteiger partial charge in [-0.1, -0.05) is 35.6 Å². The Balaban J connectivity index is 1.47. The monoisotopic (exact) mass is 437 g/mol. The van der Waals surface area contributed by atoms with Gasteiger partial charge in [0.1, 0.15) is 0 Å². The van der Waals surface area contributed by atoms with E-state index in [1.165, 1.54) is 17.5 Å². The fourth-order valence-electron chi connectivity index (χ4n) is 3.20. The molecule has 4 rings (SSSR count). The number of imide groups is 1. The first-order chi connectivity index (χ1) is 14.9. The molecule has 0 atom stereocenters. The van der Waals surface area contributed by atoms with E-state index in [9.17, 15) is 14.4 Å². The van der Waals surface area contributed by atoms with Gasteiger partial charge in [-0.2, -0.15) is 0 Å². The number of hydroxylamine groups is 2. The van der Waals surface area contributed by atoms with Crippen LogP contribution in [-0.4, -0.2) is 41.9 Å². The van der Waals surface area contributed by atoms with Crippen LogP contribution < -0.4 is 4.90 Å². The standard InChI is InChI=1S/C21H19N5O4S/c1-25(2)17-8-7-16(14-5-3-4-6-15(14)17)23-24-21-22-12-13(31-21)11-20(29)30-26-18(27)9-10-19(26)28/h3-8,12H,9-11H2,1-2H3. The summed E-state index contributed by atoms with van der Waals surface area (Å²) in [5.74, 6) is -1.73. The summed E-state index contributed by atoms with van der Waals surface area (Å²) in [6, 6.07) is 11.8. The third kappa shape index (κ3) is 4.43. The molecule has 10 heteroatoms. The van der Waals surface area contributed by atoms with Crippen LogP contribution in [0.5, 0.6) is 0 Å². The number of hydrogen-bond acceptors (Lipinski definition) is 9. The highest BCUT2D eigenvalue weighted by molar-refractivity contribution is 7.15. The zero-order valence-electron chi connectivity index (χ0n) is 16.9. The third-order valence-corrected chi connectivity index (χ3v) is 5.54. The van der Waals surface area contributed by atoms with Gasteiger partial charge in [0.2, 0.25) is 5.13 Å². The lowest BCUT2D eigenvalue weighted by Gasteiger charge is -2.16. The maximum Gasteiger partial charge on any atom is 0.338 e. The summed E-state index contributed by atoms with van der Waals surface area (Å²) in [5.41, 5.74) is 1.79. The minimum Gasteiger partial charge on any atom is -0.377 e. The molecule has 1 aromatic heterocycles. The number of nitrogens with zero attached hydrogens (tertiary/aromatic N) is 5. The number of carbonyl (C=O) groups is 3. The second-order valence-electron chi connectivity index (χ2n) is 7.07. The Kier molecular flexibility index (Phi) is 5.72. The molecule has 0 radical (unpaired) electrons. The number of azo groups is 1. The minimum atomic E-state index is -0.707. The Labute approximate surface area is 181 Å². The molecule has 1 aliphatic heterocycles. The molecule has 3 aromatic rings. The maximum atomic E-state index is 12.0. The molecule has 0 N–H and O–H groups in total. The van der Waals surface area contributed by atoms with Crippen LogP contribution in [0.2, 0.25) is 0 Å². The highest BCUT2D eigenvalue weighted by Gasteiger charge is 2.32. The molecule has 2 heterocycles. The molecule has 1 fully saturated rings. The van der Waals surface area contributed by atoms with Gasteiger partial charge < -0.3 is 9.74 Å². The van der Waals surface area contributed by atoms with Gasteiger partial charge in [0.15, 0.2) is 0 Å². The van der Waals surface area contributed by atoms with Crippen LogP contribution in [0.4, 0.5) is 16.5 Å². The average Bonchev–Trinajstić information content (AvgIpc) is 3.33. The summed E-state index contributed by atoms with van der Waals surface area (Å²) in [4.78, 5) is 46.8. The van der Waals surface area contributed by atoms with Gasteiger partial charge in [-0.15, -0.1) is 15.3 Å². The average molecular weight is 437 g/mol. The van der Waals surface area contributed by atoms with E-state index < -0.39 is 17.8 Å². The van der Waals surface area contributed by atoms with Crippen LogP contribution in [0.1, 0.15) is 17.7 Å². The summed E-state index contributed by atoms with van der Waals surface area (Å²) in [5, 5.41) is 11.5. The lowest BCUT2D eigenvalue weighted by molar-refractivity contribution is -0.196. The zero-order valence-corrected chi connectivity index (χ0v) is 17.8. The molecule has 0 spiro atoms. The Morgan fingerprint density at radius 2 is 1.81 bits per heavy atom. The molecule has 2 amide bonds. The van der Waals surface area contributed by atoms with Gasteiger partial charge >= 0.3 is 5.97 Å². The zero-order chi connectivity index (χ0) is 22.0. The smallest absolute Gasteiger partial charge is 0.338 e. The predicted octanol–water partition coefficient (Wildman–Crippen LogP) is 3.93. The van der Waals surface area contributed by atoms with Crippen LogP contribution in [0.3, 0.4) is 0 Å². The van der Waals surface area contributed by atoms with Crippen molar-refractivity contribution in [2.45, 2.75) is 19.3 Å². The number of fused-ring (bicyclic) bond motifs is 1. The van der Waals surface area contributed by atoms with E-state index >= 15 is 0 Å². The molecule has 158 valence electrons. The molecule has 0 unspecified atom stereocenters. The van der Waals surface area contributed by atoms with Gasteiger partial charge in [-0.3, -0.25) is 9.59 Å². The van der Waals surface area contributed by atoms with Crippen LogP contribution >= 0.6 is 11.3 Å². The number of amides is 2. The number of rotatable bonds is 6. The Morgan fingerprint density at radius 1 is 1.10 bits per heavy atom. The normalized spacial score (nSPS) is 14.1. The number of anilines is 1. The lowest BCUT2D eigenvalue weighted by atomic mass is 10.1. The number of carbonyl (C=O) groups excluding carboxylic acids is 3. The summed E-state index contributed by atoms with van der Waals surface area (Å²) in [7, 11) is 3.97. The van der Waals surface area contributed by atoms with Crippen molar-refractivity contribution in [1.29, 1.82) is 0 Å². The van der Waals surface area contributed by atoms with E-state index in [-0.39, 0.29) is 19.3 Å². The van der Waals surface area contributed by atoms with Crippen molar-refractivity contribution in [2.75, 3.05) is 19.0 Å². The van der Waals surface area contributed by atoms with E-state index in [2.05, 4.69) is 15.2 Å². The lowest BCUT2D eigenvalue weighted by Crippen LogP contribution is -2.32. The largest absolute Gasteiger partial charge is 0.377 e. The predicted molar refractivity (Wildman–Crippen MR) is 115 cm³/mol. The third-order valence-electron chi connectivity index (χ3n) is 4.66. The summed E-state index contributed by atoms with van der Waals surface area (Å²) < 4.78 is 0. The van der Waals surface area contributed by atoms with Crippen molar-refractivity contribution in [2.24, 2.45) is 10.2 Å². The van der Waals surface area contributed by atoms with E-state index in [4.69, 9.17) is 4.84 Å². The molecular weight excluding hydrogens is 418 g/mol. The van der Waals surface area contributed by atoms with Crippen molar-refractivity contribution < 1.29 is 19.2 Å². The van der Waals surface area contributed by atoms with Gasteiger partial charge in [0.05, 0.1) is 12.1 Å². The highest BCUT2D eigenvalue weighted by Crippen LogP contribution is 2.34. The Morgan fingerprint density at radius 3 is 2.52 bits per heavy atom. The van der Waals surface area contributed by atoms with Crippen molar-refractivity contribution in [3.63, 3.8) is 0 Å². The molecular formula is C21H19N5O4S. The number of aromatic nitrogens is 1. The topological polar surface area (TPSA) is 105 Å². The first kappa shape index (κ1) is 20.6. The van der Waals surface area contributed by atoms with Gasteiger partial charge in [-0.05, 0) is 12.1 Å².